The highest BCUT2D eigenvalue weighted by Gasteiger charge is 2.29. The summed E-state index contributed by atoms with van der Waals surface area (Å²) in [6, 6.07) is 8.73. The maximum absolute atomic E-state index is 6.25. The SMILES string of the molecule is CNC(C1=CCCCCC1)C1CSc2ccccc2O1. The first-order valence-electron chi connectivity index (χ1n) is 7.63. The van der Waals surface area contributed by atoms with E-state index in [2.05, 4.69) is 42.7 Å². The van der Waals surface area contributed by atoms with Crippen LogP contribution in [-0.2, 0) is 0 Å². The molecule has 0 saturated heterocycles. The third-order valence-electron chi connectivity index (χ3n) is 4.19. The minimum absolute atomic E-state index is 0.240. The molecule has 1 aromatic rings. The van der Waals surface area contributed by atoms with E-state index in [0.29, 0.717) is 6.04 Å². The van der Waals surface area contributed by atoms with Crippen LogP contribution in [0.3, 0.4) is 0 Å². The molecule has 1 aliphatic carbocycles. The lowest BCUT2D eigenvalue weighted by Gasteiger charge is -2.33. The van der Waals surface area contributed by atoms with Gasteiger partial charge in [0.2, 0.25) is 0 Å². The second kappa shape index (κ2) is 6.68. The summed E-state index contributed by atoms with van der Waals surface area (Å²) in [5.41, 5.74) is 1.55. The van der Waals surface area contributed by atoms with E-state index in [9.17, 15) is 0 Å². The molecule has 2 unspecified atom stereocenters. The van der Waals surface area contributed by atoms with Crippen molar-refractivity contribution in [2.75, 3.05) is 12.8 Å². The number of allylic oxidation sites excluding steroid dienone is 1. The number of para-hydroxylation sites is 1. The first-order valence-corrected chi connectivity index (χ1v) is 8.61. The van der Waals surface area contributed by atoms with Crippen molar-refractivity contribution >= 4 is 11.8 Å². The van der Waals surface area contributed by atoms with Crippen molar-refractivity contribution in [1.29, 1.82) is 0 Å². The van der Waals surface area contributed by atoms with E-state index in [4.69, 9.17) is 4.74 Å². The molecule has 2 nitrogen and oxygen atoms in total. The summed E-state index contributed by atoms with van der Waals surface area (Å²) in [6.45, 7) is 0. The lowest BCUT2D eigenvalue weighted by molar-refractivity contribution is 0.182. The lowest BCUT2D eigenvalue weighted by Crippen LogP contribution is -2.45. The molecule has 1 aromatic carbocycles. The molecule has 1 aliphatic heterocycles. The molecule has 20 heavy (non-hydrogen) atoms. The second-order valence-corrected chi connectivity index (χ2v) is 6.62. The van der Waals surface area contributed by atoms with Gasteiger partial charge in [-0.15, -0.1) is 11.8 Å². The molecule has 108 valence electrons. The van der Waals surface area contributed by atoms with Crippen molar-refractivity contribution in [1.82, 2.24) is 5.32 Å². The molecule has 0 amide bonds. The molecule has 1 N–H and O–H groups in total. The number of fused-ring (bicyclic) bond motifs is 1. The fourth-order valence-electron chi connectivity index (χ4n) is 3.13. The van der Waals surface area contributed by atoms with Crippen LogP contribution in [-0.4, -0.2) is 24.9 Å². The Hall–Kier alpha value is -0.930. The molecule has 2 aliphatic rings. The molecular weight excluding hydrogens is 266 g/mol. The summed E-state index contributed by atoms with van der Waals surface area (Å²) in [6.07, 6.45) is 9.15. The number of thioether (sulfide) groups is 1. The molecule has 0 aromatic heterocycles. The van der Waals surface area contributed by atoms with Gasteiger partial charge >= 0.3 is 0 Å². The number of nitrogens with one attached hydrogen (secondary N) is 1. The standard InChI is InChI=1S/C17H23NOS/c1-18-17(13-8-4-2-3-5-9-13)15-12-20-16-11-7-6-10-14(16)19-15/h6-8,10-11,15,17-18H,2-5,9,12H2,1H3. The Morgan fingerprint density at radius 1 is 1.25 bits per heavy atom. The van der Waals surface area contributed by atoms with Crippen molar-refractivity contribution in [3.8, 4) is 5.75 Å². The van der Waals surface area contributed by atoms with Gasteiger partial charge in [0.25, 0.3) is 0 Å². The van der Waals surface area contributed by atoms with Crippen LogP contribution >= 0.6 is 11.8 Å². The van der Waals surface area contributed by atoms with E-state index in [1.165, 1.54) is 37.0 Å². The first kappa shape index (κ1) is 14.0. The van der Waals surface area contributed by atoms with Gasteiger partial charge in [0.05, 0.1) is 6.04 Å². The third-order valence-corrected chi connectivity index (χ3v) is 5.33. The number of rotatable bonds is 3. The third kappa shape index (κ3) is 3.04. The van der Waals surface area contributed by atoms with Gasteiger partial charge in [0.15, 0.2) is 0 Å². The fourth-order valence-corrected chi connectivity index (χ4v) is 4.17. The Kier molecular flexibility index (Phi) is 4.69. The van der Waals surface area contributed by atoms with Crippen molar-refractivity contribution < 1.29 is 4.74 Å². The highest BCUT2D eigenvalue weighted by Crippen LogP contribution is 2.37. The summed E-state index contributed by atoms with van der Waals surface area (Å²) in [5.74, 6) is 2.07. The summed E-state index contributed by atoms with van der Waals surface area (Å²) < 4.78 is 6.25. The topological polar surface area (TPSA) is 21.3 Å². The van der Waals surface area contributed by atoms with Crippen molar-refractivity contribution in [2.45, 2.75) is 49.1 Å². The monoisotopic (exact) mass is 289 g/mol. The molecule has 1 heterocycles. The normalized spacial score (nSPS) is 24.1. The van der Waals surface area contributed by atoms with Crippen LogP contribution in [0.15, 0.2) is 40.8 Å². The summed E-state index contributed by atoms with van der Waals surface area (Å²) in [7, 11) is 2.06. The van der Waals surface area contributed by atoms with Crippen LogP contribution in [0.25, 0.3) is 0 Å². The smallest absolute Gasteiger partial charge is 0.133 e. The van der Waals surface area contributed by atoms with Crippen molar-refractivity contribution in [2.24, 2.45) is 0 Å². The van der Waals surface area contributed by atoms with Crippen LogP contribution < -0.4 is 10.1 Å². The van der Waals surface area contributed by atoms with E-state index in [-0.39, 0.29) is 6.10 Å². The number of benzene rings is 1. The van der Waals surface area contributed by atoms with Crippen LogP contribution in [0.5, 0.6) is 5.75 Å². The zero-order valence-corrected chi connectivity index (χ0v) is 12.9. The lowest BCUT2D eigenvalue weighted by atomic mass is 9.98. The largest absolute Gasteiger partial charge is 0.486 e. The summed E-state index contributed by atoms with van der Waals surface area (Å²) in [4.78, 5) is 1.27. The van der Waals surface area contributed by atoms with Crippen LogP contribution in [0.4, 0.5) is 0 Å². The Bertz CT molecular complexity index is 486. The first-order chi connectivity index (χ1) is 9.88. The van der Waals surface area contributed by atoms with Gasteiger partial charge in [-0.3, -0.25) is 0 Å². The Balaban J connectivity index is 1.76. The van der Waals surface area contributed by atoms with Gasteiger partial charge in [-0.05, 0) is 44.9 Å². The molecule has 0 bridgehead atoms. The van der Waals surface area contributed by atoms with E-state index >= 15 is 0 Å². The van der Waals surface area contributed by atoms with Gasteiger partial charge in [-0.2, -0.15) is 0 Å². The Morgan fingerprint density at radius 3 is 3.05 bits per heavy atom. The van der Waals surface area contributed by atoms with Gasteiger partial charge in [-0.1, -0.05) is 30.2 Å². The highest BCUT2D eigenvalue weighted by atomic mass is 32.2. The van der Waals surface area contributed by atoms with Crippen LogP contribution in [0.2, 0.25) is 0 Å². The second-order valence-electron chi connectivity index (χ2n) is 5.56. The predicted octanol–water partition coefficient (Wildman–Crippen LogP) is 4.02. The average molecular weight is 289 g/mol. The fraction of sp³-hybridized carbons (Fsp3) is 0.529. The predicted molar refractivity (Wildman–Crippen MR) is 85.6 cm³/mol. The number of hydrogen-bond donors (Lipinski definition) is 1. The molecule has 2 atom stereocenters. The van der Waals surface area contributed by atoms with Gasteiger partial charge in [0, 0.05) is 10.6 Å². The van der Waals surface area contributed by atoms with Crippen LogP contribution in [0.1, 0.15) is 32.1 Å². The molecule has 3 rings (SSSR count). The Labute approximate surface area is 126 Å². The number of likely N-dealkylation sites (N-methyl/N-ethyl adjacent to an activating group) is 1. The summed E-state index contributed by atoms with van der Waals surface area (Å²) in [5, 5.41) is 3.49. The molecule has 0 saturated carbocycles. The minimum Gasteiger partial charge on any atom is -0.486 e. The van der Waals surface area contributed by atoms with E-state index in [1.54, 1.807) is 5.57 Å². The van der Waals surface area contributed by atoms with Gasteiger partial charge in [0.1, 0.15) is 11.9 Å². The maximum atomic E-state index is 6.25. The molecule has 0 fully saturated rings. The molecule has 0 radical (unpaired) electrons. The number of ether oxygens (including phenoxy) is 1. The van der Waals surface area contributed by atoms with Crippen molar-refractivity contribution in [3.05, 3.63) is 35.9 Å². The quantitative estimate of drug-likeness (QED) is 0.849. The zero-order chi connectivity index (χ0) is 13.8. The average Bonchev–Trinajstić information content (AvgIpc) is 2.77. The summed E-state index contributed by atoms with van der Waals surface area (Å²) >= 11 is 1.92. The number of hydrogen-bond acceptors (Lipinski definition) is 3. The zero-order valence-electron chi connectivity index (χ0n) is 12.1. The van der Waals surface area contributed by atoms with Gasteiger partial charge < -0.3 is 10.1 Å². The van der Waals surface area contributed by atoms with Gasteiger partial charge in [-0.25, -0.2) is 0 Å². The van der Waals surface area contributed by atoms with E-state index < -0.39 is 0 Å². The molecule has 3 heteroatoms. The van der Waals surface area contributed by atoms with E-state index in [1.807, 2.05) is 11.8 Å². The van der Waals surface area contributed by atoms with E-state index in [0.717, 1.165) is 11.5 Å². The van der Waals surface area contributed by atoms with Crippen molar-refractivity contribution in [3.63, 3.8) is 0 Å². The minimum atomic E-state index is 0.240. The Morgan fingerprint density at radius 2 is 2.15 bits per heavy atom. The van der Waals surface area contributed by atoms with Crippen LogP contribution in [0, 0.1) is 0 Å². The molecular formula is C17H23NOS. The maximum Gasteiger partial charge on any atom is 0.133 e. The molecule has 0 spiro atoms. The highest BCUT2D eigenvalue weighted by molar-refractivity contribution is 7.99.